The first-order valence-electron chi connectivity index (χ1n) is 7.30. The van der Waals surface area contributed by atoms with Crippen molar-refractivity contribution in [2.24, 2.45) is 0 Å². The molecule has 0 aliphatic rings. The predicted octanol–water partition coefficient (Wildman–Crippen LogP) is 1.77. The van der Waals surface area contributed by atoms with Gasteiger partial charge in [0.2, 0.25) is 5.91 Å². The molecule has 1 aromatic carbocycles. The summed E-state index contributed by atoms with van der Waals surface area (Å²) in [5.74, 6) is -1.15. The van der Waals surface area contributed by atoms with Crippen LogP contribution in [0.15, 0.2) is 24.3 Å². The highest BCUT2D eigenvalue weighted by molar-refractivity contribution is 5.91. The second kappa shape index (κ2) is 8.42. The number of likely N-dealkylation sites (N-methyl/N-ethyl adjacent to an activating group) is 1. The predicted molar refractivity (Wildman–Crippen MR) is 82.5 cm³/mol. The van der Waals surface area contributed by atoms with Gasteiger partial charge in [-0.3, -0.25) is 4.79 Å². The first-order valence-corrected chi connectivity index (χ1v) is 7.30. The van der Waals surface area contributed by atoms with E-state index in [1.807, 2.05) is 6.92 Å². The van der Waals surface area contributed by atoms with Crippen LogP contribution >= 0.6 is 0 Å². The van der Waals surface area contributed by atoms with Gasteiger partial charge in [0.15, 0.2) is 0 Å². The summed E-state index contributed by atoms with van der Waals surface area (Å²) in [6.07, 6.45) is 0.0884. The lowest BCUT2D eigenvalue weighted by atomic mass is 10.0. The Morgan fingerprint density at radius 2 is 1.86 bits per heavy atom. The Labute approximate surface area is 126 Å². The number of carbonyl (C=O) groups is 2. The van der Waals surface area contributed by atoms with E-state index in [0.29, 0.717) is 5.56 Å². The van der Waals surface area contributed by atoms with Crippen LogP contribution in [0, 0.1) is 0 Å². The fourth-order valence-corrected chi connectivity index (χ4v) is 2.30. The fourth-order valence-electron chi connectivity index (χ4n) is 2.30. The lowest BCUT2D eigenvalue weighted by Gasteiger charge is -2.23. The van der Waals surface area contributed by atoms with E-state index in [-0.39, 0.29) is 23.9 Å². The summed E-state index contributed by atoms with van der Waals surface area (Å²) in [6, 6.07) is 6.64. The fraction of sp³-hybridized carbons (Fsp3) is 0.500. The standard InChI is InChI=1S/C16H24N2O3/c1-4-18(5-2)11-12(3)17-15(19)10-13-8-6-7-9-14(13)16(20)21/h6-9,12H,4-5,10-11H2,1-3H3,(H,17,19)(H,20,21). The highest BCUT2D eigenvalue weighted by Crippen LogP contribution is 2.09. The summed E-state index contributed by atoms with van der Waals surface area (Å²) in [4.78, 5) is 25.4. The molecule has 0 saturated carbocycles. The summed E-state index contributed by atoms with van der Waals surface area (Å²) < 4.78 is 0. The largest absolute Gasteiger partial charge is 0.478 e. The van der Waals surface area contributed by atoms with Crippen molar-refractivity contribution in [1.82, 2.24) is 10.2 Å². The van der Waals surface area contributed by atoms with Crippen molar-refractivity contribution in [2.75, 3.05) is 19.6 Å². The molecule has 0 radical (unpaired) electrons. The van der Waals surface area contributed by atoms with Gasteiger partial charge < -0.3 is 15.3 Å². The lowest BCUT2D eigenvalue weighted by Crippen LogP contribution is -2.42. The molecule has 0 fully saturated rings. The van der Waals surface area contributed by atoms with Crippen molar-refractivity contribution in [2.45, 2.75) is 33.2 Å². The number of rotatable bonds is 8. The number of hydrogen-bond donors (Lipinski definition) is 2. The van der Waals surface area contributed by atoms with E-state index in [4.69, 9.17) is 5.11 Å². The lowest BCUT2D eigenvalue weighted by molar-refractivity contribution is -0.121. The Bertz CT molecular complexity index is 484. The van der Waals surface area contributed by atoms with E-state index in [0.717, 1.165) is 19.6 Å². The minimum Gasteiger partial charge on any atom is -0.478 e. The topological polar surface area (TPSA) is 69.6 Å². The summed E-state index contributed by atoms with van der Waals surface area (Å²) in [6.45, 7) is 8.80. The number of hydrogen-bond acceptors (Lipinski definition) is 3. The second-order valence-corrected chi connectivity index (χ2v) is 5.09. The highest BCUT2D eigenvalue weighted by atomic mass is 16.4. The van der Waals surface area contributed by atoms with Gasteiger partial charge in [0, 0.05) is 12.6 Å². The van der Waals surface area contributed by atoms with E-state index < -0.39 is 5.97 Å². The molecule has 21 heavy (non-hydrogen) atoms. The van der Waals surface area contributed by atoms with E-state index in [1.54, 1.807) is 18.2 Å². The molecule has 1 rings (SSSR count). The van der Waals surface area contributed by atoms with Crippen LogP contribution in [0.1, 0.15) is 36.7 Å². The monoisotopic (exact) mass is 292 g/mol. The molecule has 1 unspecified atom stereocenters. The number of aromatic carboxylic acids is 1. The van der Waals surface area contributed by atoms with Crippen molar-refractivity contribution in [1.29, 1.82) is 0 Å². The zero-order valence-corrected chi connectivity index (χ0v) is 12.9. The van der Waals surface area contributed by atoms with E-state index >= 15 is 0 Å². The zero-order valence-electron chi connectivity index (χ0n) is 12.9. The number of carboxylic acid groups (broad SMARTS) is 1. The molecule has 5 nitrogen and oxygen atoms in total. The second-order valence-electron chi connectivity index (χ2n) is 5.09. The summed E-state index contributed by atoms with van der Waals surface area (Å²) in [7, 11) is 0. The number of carbonyl (C=O) groups excluding carboxylic acids is 1. The molecule has 0 heterocycles. The van der Waals surface area contributed by atoms with Crippen molar-refractivity contribution in [3.05, 3.63) is 35.4 Å². The van der Waals surface area contributed by atoms with Crippen molar-refractivity contribution in [3.8, 4) is 0 Å². The first kappa shape index (κ1) is 17.2. The minimum atomic E-state index is -1.01. The molecule has 0 aliphatic heterocycles. The third kappa shape index (κ3) is 5.55. The molecule has 1 aromatic rings. The van der Waals surface area contributed by atoms with E-state index in [1.165, 1.54) is 6.07 Å². The third-order valence-corrected chi connectivity index (χ3v) is 3.43. The van der Waals surface area contributed by atoms with Gasteiger partial charge in [-0.25, -0.2) is 4.79 Å². The number of benzene rings is 1. The molecule has 0 spiro atoms. The van der Waals surface area contributed by atoms with Gasteiger partial charge in [0.05, 0.1) is 12.0 Å². The van der Waals surface area contributed by atoms with Crippen molar-refractivity contribution < 1.29 is 14.7 Å². The van der Waals surface area contributed by atoms with Crippen LogP contribution in [0.3, 0.4) is 0 Å². The molecule has 0 aliphatic carbocycles. The Hall–Kier alpha value is -1.88. The molecule has 2 N–H and O–H groups in total. The van der Waals surface area contributed by atoms with Crippen molar-refractivity contribution in [3.63, 3.8) is 0 Å². The number of nitrogens with one attached hydrogen (secondary N) is 1. The zero-order chi connectivity index (χ0) is 15.8. The van der Waals surface area contributed by atoms with Crippen LogP contribution in [-0.2, 0) is 11.2 Å². The SMILES string of the molecule is CCN(CC)CC(C)NC(=O)Cc1ccccc1C(=O)O. The average Bonchev–Trinajstić information content (AvgIpc) is 2.44. The maximum absolute atomic E-state index is 12.0. The average molecular weight is 292 g/mol. The molecular weight excluding hydrogens is 268 g/mol. The van der Waals surface area contributed by atoms with Crippen molar-refractivity contribution >= 4 is 11.9 Å². The van der Waals surface area contributed by atoms with Crippen LogP contribution < -0.4 is 5.32 Å². The molecule has 1 atom stereocenters. The van der Waals surface area contributed by atoms with Gasteiger partial charge in [0.1, 0.15) is 0 Å². The molecule has 0 saturated heterocycles. The van der Waals surface area contributed by atoms with Gasteiger partial charge in [-0.15, -0.1) is 0 Å². The Morgan fingerprint density at radius 3 is 2.43 bits per heavy atom. The van der Waals surface area contributed by atoms with Crippen LogP contribution in [0.5, 0.6) is 0 Å². The van der Waals surface area contributed by atoms with E-state index in [2.05, 4.69) is 24.1 Å². The number of amides is 1. The normalized spacial score (nSPS) is 12.2. The molecule has 0 aromatic heterocycles. The van der Waals surface area contributed by atoms with Gasteiger partial charge >= 0.3 is 5.97 Å². The summed E-state index contributed by atoms with van der Waals surface area (Å²) in [5, 5.41) is 12.0. The maximum atomic E-state index is 12.0. The first-order chi connectivity index (χ1) is 9.97. The van der Waals surface area contributed by atoms with Gasteiger partial charge in [-0.2, -0.15) is 0 Å². The number of carboxylic acids is 1. The third-order valence-electron chi connectivity index (χ3n) is 3.43. The highest BCUT2D eigenvalue weighted by Gasteiger charge is 2.14. The minimum absolute atomic E-state index is 0.0365. The maximum Gasteiger partial charge on any atom is 0.335 e. The number of nitrogens with zero attached hydrogens (tertiary/aromatic N) is 1. The smallest absolute Gasteiger partial charge is 0.335 e. The Balaban J connectivity index is 2.60. The molecule has 5 heteroatoms. The summed E-state index contributed by atoms with van der Waals surface area (Å²) in [5.41, 5.74) is 0.724. The summed E-state index contributed by atoms with van der Waals surface area (Å²) >= 11 is 0. The molecule has 0 bridgehead atoms. The molecular formula is C16H24N2O3. The Morgan fingerprint density at radius 1 is 1.24 bits per heavy atom. The van der Waals surface area contributed by atoms with Crippen LogP contribution in [0.4, 0.5) is 0 Å². The Kier molecular flexibility index (Phi) is 6.88. The van der Waals surface area contributed by atoms with Gasteiger partial charge in [0.25, 0.3) is 0 Å². The van der Waals surface area contributed by atoms with E-state index in [9.17, 15) is 9.59 Å². The molecule has 116 valence electrons. The molecule has 1 amide bonds. The van der Waals surface area contributed by atoms with Crippen LogP contribution in [0.2, 0.25) is 0 Å². The van der Waals surface area contributed by atoms with Crippen LogP contribution in [-0.4, -0.2) is 47.6 Å². The van der Waals surface area contributed by atoms with Crippen LogP contribution in [0.25, 0.3) is 0 Å². The van der Waals surface area contributed by atoms with Gasteiger partial charge in [-0.1, -0.05) is 32.0 Å². The quantitative estimate of drug-likeness (QED) is 0.766. The van der Waals surface area contributed by atoms with Gasteiger partial charge in [-0.05, 0) is 31.6 Å².